The zero-order valence-electron chi connectivity index (χ0n) is 13.6. The summed E-state index contributed by atoms with van der Waals surface area (Å²) in [5.41, 5.74) is 0.811. The van der Waals surface area contributed by atoms with Crippen LogP contribution in [0.2, 0.25) is 0 Å². The van der Waals surface area contributed by atoms with Crippen LogP contribution in [-0.4, -0.2) is 24.1 Å². The van der Waals surface area contributed by atoms with E-state index in [0.717, 1.165) is 10.0 Å². The van der Waals surface area contributed by atoms with Gasteiger partial charge in [-0.05, 0) is 19.1 Å². The number of furan rings is 1. The maximum Gasteiger partial charge on any atom is 0.339 e. The second-order valence-electron chi connectivity index (χ2n) is 5.19. The van der Waals surface area contributed by atoms with Crippen molar-refractivity contribution in [3.8, 4) is 5.75 Å². The summed E-state index contributed by atoms with van der Waals surface area (Å²) in [6.45, 7) is 3.58. The topological polar surface area (TPSA) is 88.8 Å². The molecule has 0 spiro atoms. The lowest BCUT2D eigenvalue weighted by molar-refractivity contribution is 0.0694. The fourth-order valence-electron chi connectivity index (χ4n) is 2.37. The van der Waals surface area contributed by atoms with Gasteiger partial charge in [0.1, 0.15) is 17.1 Å². The van der Waals surface area contributed by atoms with Gasteiger partial charge in [-0.25, -0.2) is 4.79 Å². The Labute approximate surface area is 147 Å². The van der Waals surface area contributed by atoms with Gasteiger partial charge in [-0.3, -0.25) is 4.79 Å². The molecule has 1 aromatic heterocycles. The zero-order valence-corrected chi connectivity index (χ0v) is 15.1. The van der Waals surface area contributed by atoms with Crippen molar-refractivity contribution in [2.75, 3.05) is 7.11 Å². The minimum atomic E-state index is -1.11. The van der Waals surface area contributed by atoms with Crippen LogP contribution in [0.15, 0.2) is 33.2 Å². The first kappa shape index (κ1) is 18.1. The van der Waals surface area contributed by atoms with Crippen molar-refractivity contribution in [1.82, 2.24) is 5.32 Å². The SMILES string of the molecule is CCc1oc(C(=O)NC(C)c2ccc(Br)cc2OC)cc1C(=O)O. The molecular weight excluding hydrogens is 378 g/mol. The second kappa shape index (κ2) is 7.53. The van der Waals surface area contributed by atoms with Gasteiger partial charge >= 0.3 is 5.97 Å². The molecule has 0 aliphatic carbocycles. The first-order valence-corrected chi connectivity index (χ1v) is 8.17. The van der Waals surface area contributed by atoms with E-state index in [1.54, 1.807) is 14.0 Å². The largest absolute Gasteiger partial charge is 0.496 e. The van der Waals surface area contributed by atoms with Crippen molar-refractivity contribution >= 4 is 27.8 Å². The van der Waals surface area contributed by atoms with Gasteiger partial charge in [0.2, 0.25) is 0 Å². The normalized spacial score (nSPS) is 11.8. The standard InChI is InChI=1S/C17H18BrNO5/c1-4-13-12(17(21)22)8-15(24-13)16(20)19-9(2)11-6-5-10(18)7-14(11)23-3/h5-9H,4H2,1-3H3,(H,19,20)(H,21,22). The molecule has 7 heteroatoms. The van der Waals surface area contributed by atoms with Gasteiger partial charge in [0, 0.05) is 22.5 Å². The third kappa shape index (κ3) is 3.79. The summed E-state index contributed by atoms with van der Waals surface area (Å²) in [5, 5.41) is 11.9. The average molecular weight is 396 g/mol. The molecule has 0 aliphatic heterocycles. The molecule has 1 unspecified atom stereocenters. The number of amides is 1. The Balaban J connectivity index is 2.22. The monoisotopic (exact) mass is 395 g/mol. The van der Waals surface area contributed by atoms with Crippen molar-refractivity contribution in [1.29, 1.82) is 0 Å². The third-order valence-electron chi connectivity index (χ3n) is 3.59. The Hall–Kier alpha value is -2.28. The van der Waals surface area contributed by atoms with Gasteiger partial charge in [-0.1, -0.05) is 28.9 Å². The predicted octanol–water partition coefficient (Wildman–Crippen LogP) is 3.80. The van der Waals surface area contributed by atoms with Crippen molar-refractivity contribution < 1.29 is 23.8 Å². The second-order valence-corrected chi connectivity index (χ2v) is 6.10. The molecule has 1 amide bonds. The maximum absolute atomic E-state index is 12.4. The lowest BCUT2D eigenvalue weighted by Gasteiger charge is -2.17. The number of carboxylic acids is 1. The van der Waals surface area contributed by atoms with Gasteiger partial charge in [0.15, 0.2) is 5.76 Å². The molecule has 0 bridgehead atoms. The van der Waals surface area contributed by atoms with Crippen LogP contribution in [0.1, 0.15) is 52.1 Å². The van der Waals surface area contributed by atoms with Crippen molar-refractivity contribution in [2.24, 2.45) is 0 Å². The lowest BCUT2D eigenvalue weighted by atomic mass is 10.1. The van der Waals surface area contributed by atoms with Crippen LogP contribution in [-0.2, 0) is 6.42 Å². The lowest BCUT2D eigenvalue weighted by Crippen LogP contribution is -2.26. The van der Waals surface area contributed by atoms with E-state index in [-0.39, 0.29) is 23.1 Å². The Morgan fingerprint density at radius 2 is 2.08 bits per heavy atom. The highest BCUT2D eigenvalue weighted by Gasteiger charge is 2.22. The first-order valence-electron chi connectivity index (χ1n) is 7.37. The highest BCUT2D eigenvalue weighted by atomic mass is 79.9. The Morgan fingerprint density at radius 3 is 2.62 bits per heavy atom. The van der Waals surface area contributed by atoms with Gasteiger partial charge in [0.25, 0.3) is 5.91 Å². The van der Waals surface area contributed by atoms with Crippen LogP contribution in [0, 0.1) is 0 Å². The number of benzene rings is 1. The van der Waals surface area contributed by atoms with Crippen molar-refractivity contribution in [3.05, 3.63) is 51.4 Å². The molecular formula is C17H18BrNO5. The highest BCUT2D eigenvalue weighted by molar-refractivity contribution is 9.10. The van der Waals surface area contributed by atoms with Crippen LogP contribution in [0.4, 0.5) is 0 Å². The van der Waals surface area contributed by atoms with E-state index in [4.69, 9.17) is 14.3 Å². The number of halogens is 1. The number of hydrogen-bond acceptors (Lipinski definition) is 4. The number of ether oxygens (including phenoxy) is 1. The predicted molar refractivity (Wildman–Crippen MR) is 91.6 cm³/mol. The van der Waals surface area contributed by atoms with Crippen molar-refractivity contribution in [2.45, 2.75) is 26.3 Å². The molecule has 2 aromatic rings. The molecule has 1 aromatic carbocycles. The highest BCUT2D eigenvalue weighted by Crippen LogP contribution is 2.28. The smallest absolute Gasteiger partial charge is 0.339 e. The van der Waals surface area contributed by atoms with E-state index < -0.39 is 11.9 Å². The number of carbonyl (C=O) groups is 2. The van der Waals surface area contributed by atoms with E-state index in [9.17, 15) is 9.59 Å². The van der Waals surface area contributed by atoms with Gasteiger partial charge in [-0.2, -0.15) is 0 Å². The summed E-state index contributed by atoms with van der Waals surface area (Å²) in [6, 6.07) is 6.41. The summed E-state index contributed by atoms with van der Waals surface area (Å²) in [6.07, 6.45) is 0.394. The summed E-state index contributed by atoms with van der Waals surface area (Å²) >= 11 is 3.37. The number of methoxy groups -OCH3 is 1. The number of aromatic carboxylic acids is 1. The number of carboxylic acid groups (broad SMARTS) is 1. The molecule has 0 saturated heterocycles. The molecule has 0 aliphatic rings. The average Bonchev–Trinajstić information content (AvgIpc) is 2.99. The maximum atomic E-state index is 12.4. The number of hydrogen-bond donors (Lipinski definition) is 2. The minimum Gasteiger partial charge on any atom is -0.496 e. The number of rotatable bonds is 6. The molecule has 2 rings (SSSR count). The van der Waals surface area contributed by atoms with Gasteiger partial charge in [-0.15, -0.1) is 0 Å². The third-order valence-corrected chi connectivity index (χ3v) is 4.09. The molecule has 1 heterocycles. The van der Waals surface area contributed by atoms with E-state index in [1.807, 2.05) is 25.1 Å². The Bertz CT molecular complexity index is 768. The fraction of sp³-hybridized carbons (Fsp3) is 0.294. The Kier molecular flexibility index (Phi) is 5.66. The van der Waals surface area contributed by atoms with Crippen LogP contribution >= 0.6 is 15.9 Å². The molecule has 128 valence electrons. The van der Waals surface area contributed by atoms with Crippen LogP contribution < -0.4 is 10.1 Å². The number of nitrogens with one attached hydrogen (secondary N) is 1. The van der Waals surface area contributed by atoms with Crippen LogP contribution in [0.25, 0.3) is 0 Å². The van der Waals surface area contributed by atoms with Crippen molar-refractivity contribution in [3.63, 3.8) is 0 Å². The summed E-state index contributed by atoms with van der Waals surface area (Å²) < 4.78 is 11.6. The van der Waals surface area contributed by atoms with E-state index in [1.165, 1.54) is 6.07 Å². The number of aryl methyl sites for hydroxylation is 1. The summed E-state index contributed by atoms with van der Waals surface area (Å²) in [4.78, 5) is 23.5. The molecule has 0 fully saturated rings. The molecule has 0 radical (unpaired) electrons. The number of carbonyl (C=O) groups excluding carboxylic acids is 1. The van der Waals surface area contributed by atoms with Gasteiger partial charge in [0.05, 0.1) is 13.2 Å². The van der Waals surface area contributed by atoms with E-state index in [0.29, 0.717) is 12.2 Å². The quantitative estimate of drug-likeness (QED) is 0.776. The van der Waals surface area contributed by atoms with E-state index >= 15 is 0 Å². The fourth-order valence-corrected chi connectivity index (χ4v) is 2.71. The molecule has 24 heavy (non-hydrogen) atoms. The van der Waals surface area contributed by atoms with Crippen LogP contribution in [0.5, 0.6) is 5.75 Å². The molecule has 1 atom stereocenters. The Morgan fingerprint density at radius 1 is 1.38 bits per heavy atom. The van der Waals surface area contributed by atoms with Crippen LogP contribution in [0.3, 0.4) is 0 Å². The molecule has 6 nitrogen and oxygen atoms in total. The first-order chi connectivity index (χ1) is 11.4. The molecule has 0 saturated carbocycles. The minimum absolute atomic E-state index is 0.0107. The summed E-state index contributed by atoms with van der Waals surface area (Å²) in [7, 11) is 1.55. The summed E-state index contributed by atoms with van der Waals surface area (Å²) in [5.74, 6) is -0.697. The molecule has 2 N–H and O–H groups in total. The van der Waals surface area contributed by atoms with E-state index in [2.05, 4.69) is 21.2 Å². The van der Waals surface area contributed by atoms with Gasteiger partial charge < -0.3 is 19.6 Å². The zero-order chi connectivity index (χ0) is 17.9.